The number of ether oxygens (including phenoxy) is 1. The number of aryl methyl sites for hydroxylation is 2. The maximum absolute atomic E-state index is 10.8. The Bertz CT molecular complexity index is 463. The summed E-state index contributed by atoms with van der Waals surface area (Å²) in [6.07, 6.45) is 9.33. The summed E-state index contributed by atoms with van der Waals surface area (Å²) >= 11 is 0. The number of hydrogen-bond donors (Lipinski definition) is 1. The lowest BCUT2D eigenvalue weighted by atomic mass is 9.80. The van der Waals surface area contributed by atoms with Gasteiger partial charge in [-0.2, -0.15) is 5.10 Å². The Balaban J connectivity index is 1.77. The second kappa shape index (κ2) is 5.49. The van der Waals surface area contributed by atoms with Crippen molar-refractivity contribution in [2.45, 2.75) is 63.6 Å². The van der Waals surface area contributed by atoms with Crippen LogP contribution in [0, 0.1) is 5.92 Å². The van der Waals surface area contributed by atoms with Gasteiger partial charge < -0.3 is 9.84 Å². The van der Waals surface area contributed by atoms with Crippen LogP contribution in [-0.4, -0.2) is 27.1 Å². The lowest BCUT2D eigenvalue weighted by Crippen LogP contribution is -2.39. The number of rotatable bonds is 3. The van der Waals surface area contributed by atoms with E-state index in [1.807, 2.05) is 17.9 Å². The van der Waals surface area contributed by atoms with Gasteiger partial charge in [0.15, 0.2) is 0 Å². The first-order valence-corrected chi connectivity index (χ1v) is 7.98. The van der Waals surface area contributed by atoms with Crippen LogP contribution in [0.3, 0.4) is 0 Å². The van der Waals surface area contributed by atoms with E-state index in [1.165, 1.54) is 25.7 Å². The highest BCUT2D eigenvalue weighted by molar-refractivity contribution is 5.21. The molecule has 1 aliphatic heterocycles. The van der Waals surface area contributed by atoms with Gasteiger partial charge in [-0.25, -0.2) is 0 Å². The molecule has 2 aliphatic rings. The Hall–Kier alpha value is -0.870. The molecule has 1 saturated heterocycles. The lowest BCUT2D eigenvalue weighted by Gasteiger charge is -2.40. The molecule has 1 aromatic rings. The maximum Gasteiger partial charge on any atom is 0.0853 e. The Morgan fingerprint density at radius 3 is 2.95 bits per heavy atom. The summed E-state index contributed by atoms with van der Waals surface area (Å²) in [6, 6.07) is 0. The minimum atomic E-state index is -0.389. The van der Waals surface area contributed by atoms with E-state index >= 15 is 0 Å². The van der Waals surface area contributed by atoms with E-state index in [4.69, 9.17) is 4.74 Å². The maximum atomic E-state index is 10.8. The van der Waals surface area contributed by atoms with E-state index < -0.39 is 0 Å². The average Bonchev–Trinajstić information content (AvgIpc) is 3.05. The van der Waals surface area contributed by atoms with E-state index in [2.05, 4.69) is 12.0 Å². The summed E-state index contributed by atoms with van der Waals surface area (Å²) in [6.45, 7) is 2.89. The van der Waals surface area contributed by atoms with Crippen LogP contribution in [0.4, 0.5) is 0 Å². The van der Waals surface area contributed by atoms with Crippen molar-refractivity contribution >= 4 is 0 Å². The van der Waals surface area contributed by atoms with Crippen molar-refractivity contribution in [3.05, 3.63) is 17.5 Å². The molecule has 2 heterocycles. The first-order chi connectivity index (χ1) is 9.63. The Kier molecular flexibility index (Phi) is 3.87. The third-order valence-corrected chi connectivity index (χ3v) is 5.08. The summed E-state index contributed by atoms with van der Waals surface area (Å²) < 4.78 is 7.89. The summed E-state index contributed by atoms with van der Waals surface area (Å²) in [4.78, 5) is 0. The predicted molar refractivity (Wildman–Crippen MR) is 77.4 cm³/mol. The van der Waals surface area contributed by atoms with Crippen molar-refractivity contribution in [2.75, 3.05) is 6.61 Å². The molecule has 4 nitrogen and oxygen atoms in total. The van der Waals surface area contributed by atoms with Gasteiger partial charge >= 0.3 is 0 Å². The number of nitrogens with zero attached hydrogens (tertiary/aromatic N) is 2. The van der Waals surface area contributed by atoms with Gasteiger partial charge in [0.05, 0.1) is 17.4 Å². The molecule has 0 bridgehead atoms. The quantitative estimate of drug-likeness (QED) is 0.925. The topological polar surface area (TPSA) is 47.3 Å². The van der Waals surface area contributed by atoms with E-state index in [1.54, 1.807) is 0 Å². The molecule has 2 unspecified atom stereocenters. The molecule has 2 atom stereocenters. The number of hydrogen-bond acceptors (Lipinski definition) is 3. The van der Waals surface area contributed by atoms with Crippen molar-refractivity contribution < 1.29 is 9.84 Å². The zero-order chi connectivity index (χ0) is 14.2. The van der Waals surface area contributed by atoms with Gasteiger partial charge in [-0.1, -0.05) is 19.8 Å². The van der Waals surface area contributed by atoms with Crippen LogP contribution in [0.25, 0.3) is 0 Å². The Morgan fingerprint density at radius 1 is 1.50 bits per heavy atom. The first-order valence-electron chi connectivity index (χ1n) is 7.98. The second-order valence-corrected chi connectivity index (χ2v) is 6.49. The summed E-state index contributed by atoms with van der Waals surface area (Å²) in [7, 11) is 1.93. The third kappa shape index (κ3) is 2.51. The molecule has 4 heteroatoms. The van der Waals surface area contributed by atoms with Crippen LogP contribution < -0.4 is 0 Å². The Morgan fingerprint density at radius 2 is 2.25 bits per heavy atom. The molecule has 2 fully saturated rings. The average molecular weight is 278 g/mol. The molecule has 1 aromatic heterocycles. The summed E-state index contributed by atoms with van der Waals surface area (Å²) in [5.41, 5.74) is 2.13. The lowest BCUT2D eigenvalue weighted by molar-refractivity contribution is -0.113. The largest absolute Gasteiger partial charge is 0.388 e. The SMILES string of the molecule is CCc1nn(C)cc1C(O)C1CCOC2(CCCC2)C1. The highest BCUT2D eigenvalue weighted by Gasteiger charge is 2.42. The van der Waals surface area contributed by atoms with Crippen LogP contribution in [-0.2, 0) is 18.2 Å². The monoisotopic (exact) mass is 278 g/mol. The molecule has 20 heavy (non-hydrogen) atoms. The van der Waals surface area contributed by atoms with E-state index in [0.29, 0.717) is 5.92 Å². The van der Waals surface area contributed by atoms with Crippen LogP contribution >= 0.6 is 0 Å². The molecule has 112 valence electrons. The molecule has 1 aliphatic carbocycles. The van der Waals surface area contributed by atoms with Gasteiger partial charge in [-0.3, -0.25) is 4.68 Å². The number of aliphatic hydroxyl groups is 1. The highest BCUT2D eigenvalue weighted by Crippen LogP contribution is 2.45. The molecule has 3 rings (SSSR count). The van der Waals surface area contributed by atoms with Gasteiger partial charge in [0.1, 0.15) is 0 Å². The fourth-order valence-electron chi connectivity index (χ4n) is 4.03. The second-order valence-electron chi connectivity index (χ2n) is 6.49. The zero-order valence-electron chi connectivity index (χ0n) is 12.6. The third-order valence-electron chi connectivity index (χ3n) is 5.08. The van der Waals surface area contributed by atoms with Crippen molar-refractivity contribution in [1.82, 2.24) is 9.78 Å². The molecule has 0 radical (unpaired) electrons. The van der Waals surface area contributed by atoms with Gasteiger partial charge in [-0.05, 0) is 38.0 Å². The van der Waals surface area contributed by atoms with Crippen molar-refractivity contribution in [3.63, 3.8) is 0 Å². The van der Waals surface area contributed by atoms with Crippen LogP contribution in [0.15, 0.2) is 6.20 Å². The zero-order valence-corrected chi connectivity index (χ0v) is 12.6. The van der Waals surface area contributed by atoms with E-state index in [-0.39, 0.29) is 11.7 Å². The normalized spacial score (nSPS) is 27.1. The van der Waals surface area contributed by atoms with Crippen LogP contribution in [0.5, 0.6) is 0 Å². The predicted octanol–water partition coefficient (Wildman–Crippen LogP) is 2.76. The van der Waals surface area contributed by atoms with Crippen molar-refractivity contribution in [1.29, 1.82) is 0 Å². The Labute approximate surface area is 121 Å². The highest BCUT2D eigenvalue weighted by atomic mass is 16.5. The molecule has 1 N–H and O–H groups in total. The number of aromatic nitrogens is 2. The molecule has 1 spiro atoms. The minimum Gasteiger partial charge on any atom is -0.388 e. The van der Waals surface area contributed by atoms with Gasteiger partial charge in [0.2, 0.25) is 0 Å². The summed E-state index contributed by atoms with van der Waals surface area (Å²) in [5.74, 6) is 0.316. The van der Waals surface area contributed by atoms with E-state index in [0.717, 1.165) is 37.1 Å². The first kappa shape index (κ1) is 14.1. The van der Waals surface area contributed by atoms with Gasteiger partial charge in [0, 0.05) is 25.4 Å². The summed E-state index contributed by atoms with van der Waals surface area (Å²) in [5, 5.41) is 15.3. The molecular formula is C16H26N2O2. The minimum absolute atomic E-state index is 0.0679. The van der Waals surface area contributed by atoms with E-state index in [9.17, 15) is 5.11 Å². The van der Waals surface area contributed by atoms with Gasteiger partial charge in [0.25, 0.3) is 0 Å². The van der Waals surface area contributed by atoms with Crippen LogP contribution in [0.1, 0.15) is 62.8 Å². The molecule has 0 aromatic carbocycles. The fraction of sp³-hybridized carbons (Fsp3) is 0.812. The smallest absolute Gasteiger partial charge is 0.0853 e. The molecular weight excluding hydrogens is 252 g/mol. The molecule has 0 amide bonds. The van der Waals surface area contributed by atoms with Crippen LogP contribution in [0.2, 0.25) is 0 Å². The standard InChI is InChI=1S/C16H26N2O2/c1-3-14-13(11-18(2)17-14)15(19)12-6-9-20-16(10-12)7-4-5-8-16/h11-12,15,19H,3-10H2,1-2H3. The number of aliphatic hydroxyl groups excluding tert-OH is 1. The van der Waals surface area contributed by atoms with Crippen molar-refractivity contribution in [3.8, 4) is 0 Å². The fourth-order valence-corrected chi connectivity index (χ4v) is 4.03. The molecule has 1 saturated carbocycles. The van der Waals surface area contributed by atoms with Crippen molar-refractivity contribution in [2.24, 2.45) is 13.0 Å². The van der Waals surface area contributed by atoms with Gasteiger partial charge in [-0.15, -0.1) is 0 Å².